The molecule has 0 amide bonds. The number of aromatic amines is 1. The molecule has 0 radical (unpaired) electrons. The molecule has 2 atom stereocenters. The highest BCUT2D eigenvalue weighted by atomic mass is 32.2. The Kier molecular flexibility index (Phi) is 6.24. The van der Waals surface area contributed by atoms with Gasteiger partial charge in [-0.2, -0.15) is 24.9 Å². The molecule has 2 aliphatic rings. The lowest BCUT2D eigenvalue weighted by Gasteiger charge is -2.31. The van der Waals surface area contributed by atoms with E-state index in [0.29, 0.717) is 30.5 Å². The van der Waals surface area contributed by atoms with Crippen LogP contribution in [0.25, 0.3) is 10.9 Å². The number of rotatable bonds is 5. The van der Waals surface area contributed by atoms with Crippen molar-refractivity contribution in [1.29, 1.82) is 0 Å². The Bertz CT molecular complexity index is 958. The van der Waals surface area contributed by atoms with Crippen LogP contribution in [-0.2, 0) is 5.75 Å². The van der Waals surface area contributed by atoms with Crippen molar-refractivity contribution >= 4 is 28.4 Å². The van der Waals surface area contributed by atoms with Gasteiger partial charge >= 0.3 is 6.18 Å². The second kappa shape index (κ2) is 8.74. The molecule has 30 heavy (non-hydrogen) atoms. The minimum atomic E-state index is -4.27. The van der Waals surface area contributed by atoms with Crippen molar-refractivity contribution in [3.8, 4) is 0 Å². The van der Waals surface area contributed by atoms with Crippen LogP contribution in [0, 0.1) is 5.82 Å². The smallest absolute Gasteiger partial charge is 0.382 e. The van der Waals surface area contributed by atoms with E-state index in [1.807, 2.05) is 0 Å². The molecule has 1 aromatic carbocycles. The zero-order chi connectivity index (χ0) is 21.3. The molecule has 5 nitrogen and oxygen atoms in total. The first-order valence-corrected chi connectivity index (χ1v) is 11.2. The first-order chi connectivity index (χ1) is 14.3. The maximum Gasteiger partial charge on any atom is 0.403 e. The molecule has 164 valence electrons. The lowest BCUT2D eigenvalue weighted by Crippen LogP contribution is -2.48. The van der Waals surface area contributed by atoms with E-state index in [9.17, 15) is 22.4 Å². The van der Waals surface area contributed by atoms with E-state index in [0.717, 1.165) is 25.7 Å². The summed E-state index contributed by atoms with van der Waals surface area (Å²) < 4.78 is 53.4. The molecule has 0 unspecified atom stereocenters. The number of halogens is 4. The predicted octanol–water partition coefficient (Wildman–Crippen LogP) is 4.33. The lowest BCUT2D eigenvalue weighted by molar-refractivity contribution is -0.159. The topological polar surface area (TPSA) is 69.8 Å². The van der Waals surface area contributed by atoms with E-state index in [2.05, 4.69) is 20.6 Å². The van der Waals surface area contributed by atoms with Crippen LogP contribution in [0.1, 0.15) is 44.3 Å². The van der Waals surface area contributed by atoms with Crippen LogP contribution in [0.2, 0.25) is 0 Å². The molecule has 0 spiro atoms. The van der Waals surface area contributed by atoms with Crippen LogP contribution in [0.4, 0.5) is 23.2 Å². The van der Waals surface area contributed by atoms with E-state index >= 15 is 0 Å². The maximum atomic E-state index is 14.5. The van der Waals surface area contributed by atoms with Crippen molar-refractivity contribution in [3.63, 3.8) is 0 Å². The number of nitrogens with zero attached hydrogens (tertiary/aromatic N) is 1. The molecule has 2 heterocycles. The minimum Gasteiger partial charge on any atom is -0.382 e. The van der Waals surface area contributed by atoms with Crippen molar-refractivity contribution in [2.45, 2.75) is 67.8 Å². The number of benzene rings is 1. The molecule has 1 saturated heterocycles. The van der Waals surface area contributed by atoms with Crippen LogP contribution < -0.4 is 16.2 Å². The largest absolute Gasteiger partial charge is 0.403 e. The summed E-state index contributed by atoms with van der Waals surface area (Å²) in [5.74, 6) is -0.0215. The van der Waals surface area contributed by atoms with E-state index in [1.54, 1.807) is 6.07 Å². The molecule has 1 aliphatic carbocycles. The highest BCUT2D eigenvalue weighted by Crippen LogP contribution is 2.32. The Morgan fingerprint density at radius 3 is 2.70 bits per heavy atom. The van der Waals surface area contributed by atoms with Gasteiger partial charge in [0.1, 0.15) is 23.1 Å². The second-order valence-electron chi connectivity index (χ2n) is 8.00. The van der Waals surface area contributed by atoms with E-state index in [4.69, 9.17) is 0 Å². The van der Waals surface area contributed by atoms with Gasteiger partial charge in [-0.05, 0) is 44.4 Å². The van der Waals surface area contributed by atoms with Gasteiger partial charge in [-0.15, -0.1) is 0 Å². The van der Waals surface area contributed by atoms with Crippen LogP contribution in [0.5, 0.6) is 0 Å². The third-order valence-corrected chi connectivity index (χ3v) is 7.08. The lowest BCUT2D eigenvalue weighted by atomic mass is 10.0. The summed E-state index contributed by atoms with van der Waals surface area (Å²) in [6.07, 6.45) is 0.654. The van der Waals surface area contributed by atoms with Crippen LogP contribution in [0.15, 0.2) is 16.9 Å². The third-order valence-electron chi connectivity index (χ3n) is 5.74. The first-order valence-electron chi connectivity index (χ1n) is 10.2. The van der Waals surface area contributed by atoms with Gasteiger partial charge in [-0.25, -0.2) is 9.37 Å². The van der Waals surface area contributed by atoms with Crippen LogP contribution in [0.3, 0.4) is 0 Å². The van der Waals surface area contributed by atoms with Crippen LogP contribution in [-0.4, -0.2) is 40.0 Å². The number of H-pyrrole nitrogens is 1. The summed E-state index contributed by atoms with van der Waals surface area (Å²) in [6, 6.07) is 1.77. The fourth-order valence-corrected chi connectivity index (χ4v) is 5.35. The Morgan fingerprint density at radius 2 is 1.97 bits per heavy atom. The standard InChI is InChI=1S/C20H24F4N4OS/c21-14-7-12(26-11-3-1-2-4-11)8-15-18(14)19(29)28-17(27-15)10-30-13-5-6-25-16(9-13)20(22,23)24/h7-8,11,13,16,25-26H,1-6,9-10H2,(H,27,28,29)/t13-,16+/m0/s1. The molecule has 2 aromatic rings. The number of hydrogen-bond donors (Lipinski definition) is 3. The Labute approximate surface area is 175 Å². The summed E-state index contributed by atoms with van der Waals surface area (Å²) in [6.45, 7) is 0.297. The number of fused-ring (bicyclic) bond motifs is 1. The summed E-state index contributed by atoms with van der Waals surface area (Å²) in [5, 5.41) is 5.52. The maximum absolute atomic E-state index is 14.5. The highest BCUT2D eigenvalue weighted by Gasteiger charge is 2.42. The molecule has 3 N–H and O–H groups in total. The van der Waals surface area contributed by atoms with Crippen molar-refractivity contribution in [3.05, 3.63) is 34.1 Å². The summed E-state index contributed by atoms with van der Waals surface area (Å²) in [7, 11) is 0. The van der Waals surface area contributed by atoms with E-state index in [-0.39, 0.29) is 28.3 Å². The van der Waals surface area contributed by atoms with Gasteiger partial charge in [0, 0.05) is 17.0 Å². The summed E-state index contributed by atoms with van der Waals surface area (Å²) in [5.41, 5.74) is 0.280. The fraction of sp³-hybridized carbons (Fsp3) is 0.600. The number of hydrogen-bond acceptors (Lipinski definition) is 5. The number of piperidine rings is 1. The number of nitrogens with one attached hydrogen (secondary N) is 3. The molecule has 10 heteroatoms. The highest BCUT2D eigenvalue weighted by molar-refractivity contribution is 7.99. The monoisotopic (exact) mass is 444 g/mol. The molecule has 4 rings (SSSR count). The van der Waals surface area contributed by atoms with Crippen molar-refractivity contribution in [1.82, 2.24) is 15.3 Å². The normalized spacial score (nSPS) is 23.2. The Balaban J connectivity index is 1.49. The summed E-state index contributed by atoms with van der Waals surface area (Å²) in [4.78, 5) is 19.4. The van der Waals surface area contributed by atoms with Gasteiger partial charge in [-0.1, -0.05) is 12.8 Å². The number of aromatic nitrogens is 2. The fourth-order valence-electron chi connectivity index (χ4n) is 4.21. The quantitative estimate of drug-likeness (QED) is 0.599. The molecule has 1 aliphatic heterocycles. The molecule has 1 saturated carbocycles. The van der Waals surface area contributed by atoms with E-state index < -0.39 is 23.6 Å². The first kappa shape index (κ1) is 21.4. The Hall–Kier alpha value is -1.81. The molecular weight excluding hydrogens is 420 g/mol. The minimum absolute atomic E-state index is 0.0178. The number of thioether (sulfide) groups is 1. The molecule has 2 fully saturated rings. The van der Waals surface area contributed by atoms with Crippen molar-refractivity contribution < 1.29 is 17.6 Å². The van der Waals surface area contributed by atoms with Gasteiger partial charge in [-0.3, -0.25) is 4.79 Å². The third kappa shape index (κ3) is 4.91. The zero-order valence-corrected chi connectivity index (χ0v) is 17.1. The van der Waals surface area contributed by atoms with Gasteiger partial charge in [0.2, 0.25) is 0 Å². The summed E-state index contributed by atoms with van der Waals surface area (Å²) >= 11 is 1.34. The van der Waals surface area contributed by atoms with Gasteiger partial charge in [0.05, 0.1) is 11.3 Å². The number of alkyl halides is 3. The Morgan fingerprint density at radius 1 is 1.20 bits per heavy atom. The second-order valence-corrected chi connectivity index (χ2v) is 9.28. The van der Waals surface area contributed by atoms with Crippen molar-refractivity contribution in [2.24, 2.45) is 0 Å². The average Bonchev–Trinajstić information content (AvgIpc) is 3.18. The zero-order valence-electron chi connectivity index (χ0n) is 16.3. The van der Waals surface area contributed by atoms with Crippen LogP contribution >= 0.6 is 11.8 Å². The van der Waals surface area contributed by atoms with Crippen molar-refractivity contribution in [2.75, 3.05) is 11.9 Å². The molecular formula is C20H24F4N4OS. The predicted molar refractivity (Wildman–Crippen MR) is 110 cm³/mol. The molecule has 1 aromatic heterocycles. The van der Waals surface area contributed by atoms with E-state index in [1.165, 1.54) is 17.8 Å². The average molecular weight is 444 g/mol. The molecule has 0 bridgehead atoms. The number of anilines is 1. The van der Waals surface area contributed by atoms with Gasteiger partial charge in [0.25, 0.3) is 5.56 Å². The SMILES string of the molecule is O=c1[nH]c(CS[C@H]2CCN[C@@H](C(F)(F)F)C2)nc2cc(NC3CCCC3)cc(F)c12. The van der Waals surface area contributed by atoms with Gasteiger partial charge < -0.3 is 15.6 Å². The van der Waals surface area contributed by atoms with Gasteiger partial charge in [0.15, 0.2) is 0 Å².